The molecule has 1 aromatic heterocycles. The number of aryl methyl sites for hydroxylation is 2. The molecule has 1 aromatic carbocycles. The Labute approximate surface area is 189 Å². The van der Waals surface area contributed by atoms with E-state index < -0.39 is 0 Å². The summed E-state index contributed by atoms with van der Waals surface area (Å²) in [7, 11) is 0. The summed E-state index contributed by atoms with van der Waals surface area (Å²) in [5, 5.41) is 0.624. The molecule has 4 atom stereocenters. The number of fused-ring (bicyclic) bond motifs is 7. The number of hydrogen-bond acceptors (Lipinski definition) is 3. The first-order valence-corrected chi connectivity index (χ1v) is 12.4. The summed E-state index contributed by atoms with van der Waals surface area (Å²) in [5.74, 6) is 1.04. The number of amides is 1. The fourth-order valence-corrected chi connectivity index (χ4v) is 7.21. The van der Waals surface area contributed by atoms with E-state index in [1.54, 1.807) is 6.20 Å². The van der Waals surface area contributed by atoms with Crippen molar-refractivity contribution in [1.29, 1.82) is 0 Å². The molecule has 5 heteroatoms. The van der Waals surface area contributed by atoms with Gasteiger partial charge in [-0.05, 0) is 81.5 Å². The smallest absolute Gasteiger partial charge is 0.259 e. The molecule has 0 radical (unpaired) electrons. The summed E-state index contributed by atoms with van der Waals surface area (Å²) in [6.45, 7) is 7.04. The Hall–Kier alpha value is -2.40. The minimum atomic E-state index is -0.139. The maximum atomic E-state index is 13.8. The van der Waals surface area contributed by atoms with Crippen molar-refractivity contribution in [2.24, 2.45) is 11.8 Å². The molecule has 4 heterocycles. The van der Waals surface area contributed by atoms with Gasteiger partial charge in [0.2, 0.25) is 5.43 Å². The van der Waals surface area contributed by atoms with Gasteiger partial charge in [-0.2, -0.15) is 0 Å². The van der Waals surface area contributed by atoms with Crippen molar-refractivity contribution in [3.63, 3.8) is 0 Å². The molecule has 1 amide bonds. The van der Waals surface area contributed by atoms with E-state index >= 15 is 0 Å². The number of carbonyl (C=O) groups excluding carboxylic acids is 1. The van der Waals surface area contributed by atoms with Gasteiger partial charge in [-0.3, -0.25) is 14.5 Å². The Bertz CT molecular complexity index is 1180. The van der Waals surface area contributed by atoms with Crippen LogP contribution in [0.1, 0.15) is 60.0 Å². The lowest BCUT2D eigenvalue weighted by atomic mass is 9.68. The van der Waals surface area contributed by atoms with Gasteiger partial charge in [-0.15, -0.1) is 0 Å². The molecule has 0 saturated carbocycles. The van der Waals surface area contributed by atoms with Gasteiger partial charge in [0, 0.05) is 30.7 Å². The number of carbonyl (C=O) groups is 1. The number of benzene rings is 1. The first-order chi connectivity index (χ1) is 15.5. The Morgan fingerprint density at radius 2 is 2.00 bits per heavy atom. The minimum absolute atomic E-state index is 0.0953. The molecule has 2 aromatic rings. The summed E-state index contributed by atoms with van der Waals surface area (Å²) in [6.07, 6.45) is 11.4. The predicted octanol–water partition coefficient (Wildman–Crippen LogP) is 4.18. The van der Waals surface area contributed by atoms with E-state index in [4.69, 9.17) is 0 Å². The zero-order valence-electron chi connectivity index (χ0n) is 19.2. The van der Waals surface area contributed by atoms with Crippen molar-refractivity contribution >= 4 is 16.8 Å². The van der Waals surface area contributed by atoms with Crippen LogP contribution in [0.3, 0.4) is 0 Å². The number of aromatic nitrogens is 1. The molecule has 4 aliphatic rings. The molecule has 1 aliphatic carbocycles. The number of likely N-dealkylation sites (tertiary alicyclic amines) is 1. The summed E-state index contributed by atoms with van der Waals surface area (Å²) in [4.78, 5) is 35.2. The number of pyridine rings is 1. The molecule has 3 aliphatic heterocycles. The average Bonchev–Trinajstić information content (AvgIpc) is 2.79. The summed E-state index contributed by atoms with van der Waals surface area (Å²) in [6, 6.07) is 4.83. The van der Waals surface area contributed by atoms with Gasteiger partial charge in [-0.1, -0.05) is 24.1 Å². The number of nitrogens with one attached hydrogen (secondary N) is 1. The van der Waals surface area contributed by atoms with E-state index in [1.165, 1.54) is 37.8 Å². The van der Waals surface area contributed by atoms with E-state index in [9.17, 15) is 9.59 Å². The number of H-pyrrole nitrogens is 1. The van der Waals surface area contributed by atoms with Crippen LogP contribution in [0.4, 0.5) is 0 Å². The van der Waals surface area contributed by atoms with Crippen LogP contribution in [-0.4, -0.2) is 52.4 Å². The third-order valence-electron chi connectivity index (χ3n) is 8.48. The highest BCUT2D eigenvalue weighted by atomic mass is 16.2. The van der Waals surface area contributed by atoms with E-state index in [0.717, 1.165) is 42.6 Å². The standard InChI is InChI=1S/C27H33N3O2/c1-16-10-17(2)24-21(11-16)26(31)22(14-28-24)27(32)30-9-5-6-18-12-19-13-20(25(18)30)15-29-8-4-3-7-23(19)29/h10-12,14,19-20,23,25H,3-9,13,15H2,1-2H3,(H,28,31)/t19-,20+,23-,25-/m1/s1. The fourth-order valence-electron chi connectivity index (χ4n) is 7.21. The number of aromatic amines is 1. The second-order valence-electron chi connectivity index (χ2n) is 10.5. The molecule has 3 fully saturated rings. The average molecular weight is 432 g/mol. The second kappa shape index (κ2) is 7.58. The molecular formula is C27H33N3O2. The van der Waals surface area contributed by atoms with Crippen molar-refractivity contribution in [1.82, 2.24) is 14.8 Å². The van der Waals surface area contributed by atoms with Gasteiger partial charge in [0.15, 0.2) is 0 Å². The van der Waals surface area contributed by atoms with Crippen LogP contribution in [0.5, 0.6) is 0 Å². The topological polar surface area (TPSA) is 56.4 Å². The molecule has 0 unspecified atom stereocenters. The fraction of sp³-hybridized carbons (Fsp3) is 0.556. The molecule has 0 spiro atoms. The zero-order valence-corrected chi connectivity index (χ0v) is 19.2. The van der Waals surface area contributed by atoms with Gasteiger partial charge in [0.05, 0.1) is 11.6 Å². The van der Waals surface area contributed by atoms with Gasteiger partial charge >= 0.3 is 0 Å². The SMILES string of the molecule is Cc1cc(C)c2[nH]cc(C(=O)N3CCCC4=C[C@@H]5C[C@@H](CN6CCCC[C@H]56)[C@@H]43)c(=O)c2c1. The van der Waals surface area contributed by atoms with Gasteiger partial charge < -0.3 is 9.88 Å². The lowest BCUT2D eigenvalue weighted by Gasteiger charge is -2.54. The Kier molecular flexibility index (Phi) is 4.79. The normalized spacial score (nSPS) is 29.9. The molecular weight excluding hydrogens is 398 g/mol. The van der Waals surface area contributed by atoms with Crippen molar-refractivity contribution < 1.29 is 4.79 Å². The Morgan fingerprint density at radius 3 is 2.88 bits per heavy atom. The third-order valence-corrected chi connectivity index (χ3v) is 8.48. The zero-order chi connectivity index (χ0) is 22.0. The largest absolute Gasteiger partial charge is 0.360 e. The third kappa shape index (κ3) is 3.08. The van der Waals surface area contributed by atoms with Crippen LogP contribution in [0, 0.1) is 25.7 Å². The van der Waals surface area contributed by atoms with Crippen LogP contribution >= 0.6 is 0 Å². The summed E-state index contributed by atoms with van der Waals surface area (Å²) >= 11 is 0. The number of rotatable bonds is 1. The van der Waals surface area contributed by atoms with Crippen LogP contribution in [-0.2, 0) is 0 Å². The molecule has 32 heavy (non-hydrogen) atoms. The van der Waals surface area contributed by atoms with E-state index in [-0.39, 0.29) is 22.9 Å². The maximum Gasteiger partial charge on any atom is 0.259 e. The van der Waals surface area contributed by atoms with Gasteiger partial charge in [0.25, 0.3) is 5.91 Å². The Morgan fingerprint density at radius 1 is 1.12 bits per heavy atom. The monoisotopic (exact) mass is 431 g/mol. The predicted molar refractivity (Wildman–Crippen MR) is 127 cm³/mol. The Balaban J connectivity index is 1.37. The quantitative estimate of drug-likeness (QED) is 0.689. The molecule has 6 rings (SSSR count). The molecule has 1 N–H and O–H groups in total. The highest BCUT2D eigenvalue weighted by Gasteiger charge is 2.47. The van der Waals surface area contributed by atoms with E-state index in [0.29, 0.717) is 23.3 Å². The first-order valence-electron chi connectivity index (χ1n) is 12.4. The van der Waals surface area contributed by atoms with Crippen molar-refractivity contribution in [2.75, 3.05) is 19.6 Å². The molecule has 168 valence electrons. The molecule has 2 bridgehead atoms. The lowest BCUT2D eigenvalue weighted by molar-refractivity contribution is 0.00143. The summed E-state index contributed by atoms with van der Waals surface area (Å²) < 4.78 is 0. The maximum absolute atomic E-state index is 13.8. The van der Waals surface area contributed by atoms with Crippen LogP contribution in [0.2, 0.25) is 0 Å². The highest BCUT2D eigenvalue weighted by Crippen LogP contribution is 2.45. The van der Waals surface area contributed by atoms with Crippen LogP contribution < -0.4 is 5.43 Å². The van der Waals surface area contributed by atoms with E-state index in [2.05, 4.69) is 22.0 Å². The molecule has 3 saturated heterocycles. The van der Waals surface area contributed by atoms with Gasteiger partial charge in [-0.25, -0.2) is 0 Å². The summed E-state index contributed by atoms with van der Waals surface area (Å²) in [5.41, 5.74) is 4.53. The second-order valence-corrected chi connectivity index (χ2v) is 10.5. The van der Waals surface area contributed by atoms with Crippen LogP contribution in [0.25, 0.3) is 10.9 Å². The lowest BCUT2D eigenvalue weighted by Crippen LogP contribution is -2.60. The van der Waals surface area contributed by atoms with Crippen LogP contribution in [0.15, 0.2) is 34.8 Å². The first kappa shape index (κ1) is 20.2. The van der Waals surface area contributed by atoms with Gasteiger partial charge in [0.1, 0.15) is 5.56 Å². The number of nitrogens with zero attached hydrogens (tertiary/aromatic N) is 2. The minimum Gasteiger partial charge on any atom is -0.360 e. The number of hydrogen-bond donors (Lipinski definition) is 1. The highest BCUT2D eigenvalue weighted by molar-refractivity contribution is 5.98. The van der Waals surface area contributed by atoms with Crippen molar-refractivity contribution in [2.45, 2.75) is 64.5 Å². The van der Waals surface area contributed by atoms with E-state index in [1.807, 2.05) is 24.8 Å². The van der Waals surface area contributed by atoms with Crippen molar-refractivity contribution in [3.05, 3.63) is 56.9 Å². The molecule has 5 nitrogen and oxygen atoms in total. The van der Waals surface area contributed by atoms with Crippen molar-refractivity contribution in [3.8, 4) is 0 Å². The number of piperidine rings is 3.